The number of likely N-dealkylation sites (N-methyl/N-ethyl adjacent to an activating group) is 1. The molecule has 0 aromatic heterocycles. The molecule has 1 N–H and O–H groups in total. The van der Waals surface area contributed by atoms with Crippen LogP contribution in [0.25, 0.3) is 0 Å². The molecule has 2 aliphatic heterocycles. The van der Waals surface area contributed by atoms with E-state index in [9.17, 15) is 5.11 Å². The summed E-state index contributed by atoms with van der Waals surface area (Å²) < 4.78 is 0. The number of nitrogens with zero attached hydrogens (tertiary/aromatic N) is 2. The summed E-state index contributed by atoms with van der Waals surface area (Å²) in [5.41, 5.74) is 4.22. The Morgan fingerprint density at radius 3 is 2.64 bits per heavy atom. The monoisotopic (exact) mass is 314 g/mol. The molecule has 22 heavy (non-hydrogen) atoms. The molecular weight excluding hydrogens is 296 g/mol. The molecule has 0 bridgehead atoms. The highest BCUT2D eigenvalue weighted by molar-refractivity contribution is 6.30. The van der Waals surface area contributed by atoms with Gasteiger partial charge in [-0.05, 0) is 36.4 Å². The van der Waals surface area contributed by atoms with E-state index in [-0.39, 0.29) is 6.04 Å². The molecule has 0 radical (unpaired) electrons. The molecule has 4 heteroatoms. The van der Waals surface area contributed by atoms with E-state index < -0.39 is 6.10 Å². The summed E-state index contributed by atoms with van der Waals surface area (Å²) in [6, 6.07) is 14.4. The van der Waals surface area contributed by atoms with Crippen molar-refractivity contribution in [1.29, 1.82) is 0 Å². The van der Waals surface area contributed by atoms with Gasteiger partial charge in [0.15, 0.2) is 0 Å². The largest absolute Gasteiger partial charge is 0.384 e. The topological polar surface area (TPSA) is 26.7 Å². The molecule has 0 spiro atoms. The maximum Gasteiger partial charge on any atom is 0.106 e. The third kappa shape index (κ3) is 2.12. The van der Waals surface area contributed by atoms with Gasteiger partial charge in [-0.25, -0.2) is 0 Å². The second-order valence-corrected chi connectivity index (χ2v) is 6.64. The number of hydrogen-bond donors (Lipinski definition) is 1. The number of piperazine rings is 1. The maximum atomic E-state index is 10.9. The number of fused-ring (bicyclic) bond motifs is 5. The van der Waals surface area contributed by atoms with Crippen LogP contribution in [0.5, 0.6) is 0 Å². The zero-order valence-corrected chi connectivity index (χ0v) is 13.3. The molecule has 0 aliphatic carbocycles. The Morgan fingerprint density at radius 1 is 1.05 bits per heavy atom. The third-order valence-corrected chi connectivity index (χ3v) is 5.06. The van der Waals surface area contributed by atoms with Crippen molar-refractivity contribution in [1.82, 2.24) is 4.90 Å². The highest BCUT2D eigenvalue weighted by atomic mass is 35.5. The second kappa shape index (κ2) is 5.27. The second-order valence-electron chi connectivity index (χ2n) is 6.21. The van der Waals surface area contributed by atoms with Gasteiger partial charge in [0.25, 0.3) is 0 Å². The molecule has 2 heterocycles. The van der Waals surface area contributed by atoms with Crippen LogP contribution in [0.1, 0.15) is 28.8 Å². The first-order valence-corrected chi connectivity index (χ1v) is 8.04. The first-order chi connectivity index (χ1) is 10.6. The summed E-state index contributed by atoms with van der Waals surface area (Å²) in [7, 11) is 2.16. The lowest BCUT2D eigenvalue weighted by atomic mass is 9.94. The van der Waals surface area contributed by atoms with E-state index in [2.05, 4.69) is 29.0 Å². The zero-order chi connectivity index (χ0) is 15.3. The Bertz CT molecular complexity index is 718. The number of aliphatic hydroxyl groups is 1. The minimum absolute atomic E-state index is 0.270. The Morgan fingerprint density at radius 2 is 1.82 bits per heavy atom. The molecule has 1 fully saturated rings. The van der Waals surface area contributed by atoms with Crippen LogP contribution in [0, 0.1) is 0 Å². The van der Waals surface area contributed by atoms with Gasteiger partial charge >= 0.3 is 0 Å². The molecule has 2 atom stereocenters. The van der Waals surface area contributed by atoms with Crippen molar-refractivity contribution < 1.29 is 5.11 Å². The fourth-order valence-electron chi connectivity index (χ4n) is 3.71. The van der Waals surface area contributed by atoms with Gasteiger partial charge in [-0.3, -0.25) is 0 Å². The fourth-order valence-corrected chi connectivity index (χ4v) is 3.89. The minimum Gasteiger partial charge on any atom is -0.384 e. The van der Waals surface area contributed by atoms with E-state index in [0.29, 0.717) is 5.02 Å². The predicted molar refractivity (Wildman–Crippen MR) is 89.5 cm³/mol. The molecule has 0 saturated carbocycles. The number of aliphatic hydroxyl groups excluding tert-OH is 1. The quantitative estimate of drug-likeness (QED) is 0.809. The van der Waals surface area contributed by atoms with E-state index in [1.807, 2.05) is 30.3 Å². The highest BCUT2D eigenvalue weighted by Crippen LogP contribution is 2.44. The summed E-state index contributed by atoms with van der Waals surface area (Å²) >= 11 is 6.18. The van der Waals surface area contributed by atoms with Crippen LogP contribution in [0.2, 0.25) is 5.02 Å². The predicted octanol–water partition coefficient (Wildman–Crippen LogP) is 3.23. The Kier molecular flexibility index (Phi) is 3.37. The van der Waals surface area contributed by atoms with Gasteiger partial charge in [0.05, 0.1) is 6.04 Å². The van der Waals surface area contributed by atoms with Crippen LogP contribution in [-0.2, 0) is 0 Å². The Labute approximate surface area is 135 Å². The van der Waals surface area contributed by atoms with Crippen molar-refractivity contribution in [3.8, 4) is 0 Å². The maximum absolute atomic E-state index is 10.9. The van der Waals surface area contributed by atoms with E-state index in [0.717, 1.165) is 36.4 Å². The average Bonchev–Trinajstić information content (AvgIpc) is 2.63. The van der Waals surface area contributed by atoms with Crippen LogP contribution in [0.15, 0.2) is 42.5 Å². The van der Waals surface area contributed by atoms with Gasteiger partial charge in [-0.2, -0.15) is 0 Å². The lowest BCUT2D eigenvalue weighted by Crippen LogP contribution is -2.46. The molecule has 4 rings (SSSR count). The third-order valence-electron chi connectivity index (χ3n) is 4.83. The normalized spacial score (nSPS) is 24.2. The number of benzene rings is 2. The van der Waals surface area contributed by atoms with Gasteiger partial charge in [-0.1, -0.05) is 35.9 Å². The Balaban J connectivity index is 1.96. The van der Waals surface area contributed by atoms with Gasteiger partial charge in [0.2, 0.25) is 0 Å². The van der Waals surface area contributed by atoms with Gasteiger partial charge in [0, 0.05) is 35.9 Å². The summed E-state index contributed by atoms with van der Waals surface area (Å²) in [6.45, 7) is 2.94. The lowest BCUT2D eigenvalue weighted by Gasteiger charge is -2.41. The van der Waals surface area contributed by atoms with E-state index in [1.165, 1.54) is 5.56 Å². The summed E-state index contributed by atoms with van der Waals surface area (Å²) in [5, 5.41) is 11.6. The van der Waals surface area contributed by atoms with Crippen molar-refractivity contribution in [2.24, 2.45) is 0 Å². The fraction of sp³-hybridized carbons (Fsp3) is 0.333. The van der Waals surface area contributed by atoms with Crippen molar-refractivity contribution in [2.75, 3.05) is 31.6 Å². The van der Waals surface area contributed by atoms with Crippen molar-refractivity contribution in [3.05, 3.63) is 64.2 Å². The van der Waals surface area contributed by atoms with Gasteiger partial charge in [0.1, 0.15) is 6.10 Å². The SMILES string of the molecule is CN1CCN2c3ccc(Cl)cc3C(O)c3ccccc3C2C1. The van der Waals surface area contributed by atoms with Gasteiger partial charge < -0.3 is 14.9 Å². The van der Waals surface area contributed by atoms with Crippen LogP contribution in [-0.4, -0.2) is 36.7 Å². The summed E-state index contributed by atoms with van der Waals surface area (Å²) in [4.78, 5) is 4.77. The minimum atomic E-state index is -0.624. The van der Waals surface area contributed by atoms with Crippen LogP contribution >= 0.6 is 11.6 Å². The van der Waals surface area contributed by atoms with Crippen molar-refractivity contribution >= 4 is 17.3 Å². The van der Waals surface area contributed by atoms with E-state index in [1.54, 1.807) is 0 Å². The molecular formula is C18H19ClN2O. The smallest absolute Gasteiger partial charge is 0.106 e. The van der Waals surface area contributed by atoms with E-state index >= 15 is 0 Å². The molecule has 2 aromatic rings. The number of rotatable bonds is 0. The average molecular weight is 315 g/mol. The zero-order valence-electron chi connectivity index (χ0n) is 12.5. The number of anilines is 1. The molecule has 2 aromatic carbocycles. The van der Waals surface area contributed by atoms with Crippen LogP contribution in [0.3, 0.4) is 0 Å². The number of halogens is 1. The first-order valence-electron chi connectivity index (χ1n) is 7.66. The van der Waals surface area contributed by atoms with E-state index in [4.69, 9.17) is 11.6 Å². The van der Waals surface area contributed by atoms with Crippen molar-refractivity contribution in [2.45, 2.75) is 12.1 Å². The van der Waals surface area contributed by atoms with Crippen LogP contribution < -0.4 is 4.90 Å². The lowest BCUT2D eigenvalue weighted by molar-refractivity contribution is 0.220. The number of hydrogen-bond acceptors (Lipinski definition) is 3. The van der Waals surface area contributed by atoms with Gasteiger partial charge in [-0.15, -0.1) is 0 Å². The van der Waals surface area contributed by atoms with Crippen molar-refractivity contribution in [3.63, 3.8) is 0 Å². The molecule has 1 saturated heterocycles. The highest BCUT2D eigenvalue weighted by Gasteiger charge is 2.35. The first kappa shape index (κ1) is 14.1. The summed E-state index contributed by atoms with van der Waals surface area (Å²) in [6.07, 6.45) is -0.624. The molecule has 0 amide bonds. The standard InChI is InChI=1S/C18H19ClN2O/c1-20-8-9-21-16-7-6-12(19)10-15(16)18(22)14-5-3-2-4-13(14)17(21)11-20/h2-7,10,17-18,22H,8-9,11H2,1H3. The Hall–Kier alpha value is -1.55. The molecule has 3 nitrogen and oxygen atoms in total. The molecule has 2 aliphatic rings. The molecule has 114 valence electrons. The summed E-state index contributed by atoms with van der Waals surface area (Å²) in [5.74, 6) is 0. The van der Waals surface area contributed by atoms with Crippen LogP contribution in [0.4, 0.5) is 5.69 Å². The molecule has 2 unspecified atom stereocenters.